The number of rotatable bonds is 3. The lowest BCUT2D eigenvalue weighted by atomic mass is 10.2. The molecule has 1 unspecified atom stereocenters. The molecule has 14 heavy (non-hydrogen) atoms. The predicted molar refractivity (Wildman–Crippen MR) is 55.1 cm³/mol. The minimum Gasteiger partial charge on any atom is -0.394 e. The number of hydrogen-bond donors (Lipinski definition) is 3. The molecule has 5 heteroatoms. The molecule has 0 bridgehead atoms. The average Bonchev–Trinajstić information content (AvgIpc) is 2.20. The Bertz CT molecular complexity index is 330. The quantitative estimate of drug-likeness (QED) is 0.690. The molecule has 4 N–H and O–H groups in total. The fourth-order valence-corrected chi connectivity index (χ4v) is 1.05. The lowest BCUT2D eigenvalue weighted by molar-refractivity contribution is -0.118. The summed E-state index contributed by atoms with van der Waals surface area (Å²) in [6.45, 7) is -0.393. The minimum absolute atomic E-state index is 0.393. The molecule has 0 aromatic heterocycles. The van der Waals surface area contributed by atoms with Crippen molar-refractivity contribution in [1.29, 1.82) is 0 Å². The van der Waals surface area contributed by atoms with Crippen LogP contribution < -0.4 is 11.1 Å². The van der Waals surface area contributed by atoms with Crippen LogP contribution in [0.2, 0.25) is 5.02 Å². The normalized spacial score (nSPS) is 12.2. The molecule has 1 amide bonds. The van der Waals surface area contributed by atoms with E-state index in [-0.39, 0.29) is 0 Å². The minimum atomic E-state index is -0.925. The first kappa shape index (κ1) is 11.0. The smallest absolute Gasteiger partial charge is 0.243 e. The zero-order valence-corrected chi connectivity index (χ0v) is 8.16. The average molecular weight is 215 g/mol. The largest absolute Gasteiger partial charge is 0.394 e. The molecule has 1 atom stereocenters. The van der Waals surface area contributed by atoms with Gasteiger partial charge in [0.25, 0.3) is 0 Å². The lowest BCUT2D eigenvalue weighted by Crippen LogP contribution is -2.38. The third-order valence-corrected chi connectivity index (χ3v) is 1.99. The molecule has 76 valence electrons. The van der Waals surface area contributed by atoms with Gasteiger partial charge in [-0.05, 0) is 12.1 Å². The number of aliphatic hydroxyl groups excluding tert-OH is 1. The van der Waals surface area contributed by atoms with Gasteiger partial charge in [0.15, 0.2) is 0 Å². The van der Waals surface area contributed by atoms with Crippen molar-refractivity contribution in [2.75, 3.05) is 11.9 Å². The number of benzene rings is 1. The molecule has 0 aliphatic rings. The van der Waals surface area contributed by atoms with Gasteiger partial charge in [-0.15, -0.1) is 0 Å². The molecule has 0 fully saturated rings. The molecule has 1 aromatic rings. The molecule has 0 saturated carbocycles. The van der Waals surface area contributed by atoms with E-state index in [0.717, 1.165) is 0 Å². The molecule has 0 aliphatic heterocycles. The number of nitrogens with two attached hydrogens (primary N) is 1. The summed E-state index contributed by atoms with van der Waals surface area (Å²) in [5, 5.41) is 11.6. The van der Waals surface area contributed by atoms with E-state index in [9.17, 15) is 4.79 Å². The molecule has 0 heterocycles. The maximum atomic E-state index is 11.2. The fraction of sp³-hybridized carbons (Fsp3) is 0.222. The highest BCUT2D eigenvalue weighted by Crippen LogP contribution is 2.20. The van der Waals surface area contributed by atoms with Gasteiger partial charge < -0.3 is 16.2 Å². The summed E-state index contributed by atoms with van der Waals surface area (Å²) in [4.78, 5) is 11.2. The zero-order chi connectivity index (χ0) is 10.6. The van der Waals surface area contributed by atoms with Crippen molar-refractivity contribution in [2.45, 2.75) is 6.04 Å². The first-order valence-electron chi connectivity index (χ1n) is 4.07. The molecule has 0 radical (unpaired) electrons. The van der Waals surface area contributed by atoms with Crippen molar-refractivity contribution in [3.63, 3.8) is 0 Å². The molecular formula is C9H11ClN2O2. The summed E-state index contributed by atoms with van der Waals surface area (Å²) in [7, 11) is 0. The van der Waals surface area contributed by atoms with E-state index >= 15 is 0 Å². The number of aliphatic hydroxyl groups is 1. The Morgan fingerprint density at radius 2 is 2.21 bits per heavy atom. The van der Waals surface area contributed by atoms with Gasteiger partial charge in [-0.25, -0.2) is 0 Å². The number of para-hydroxylation sites is 1. The predicted octanol–water partition coefficient (Wildman–Crippen LogP) is 0.598. The van der Waals surface area contributed by atoms with Gasteiger partial charge in [0.2, 0.25) is 5.91 Å². The number of nitrogens with one attached hydrogen (secondary N) is 1. The van der Waals surface area contributed by atoms with Crippen LogP contribution in [0.3, 0.4) is 0 Å². The van der Waals surface area contributed by atoms with Crippen molar-refractivity contribution in [1.82, 2.24) is 0 Å². The molecular weight excluding hydrogens is 204 g/mol. The van der Waals surface area contributed by atoms with Gasteiger partial charge in [-0.3, -0.25) is 4.79 Å². The Labute approximate surface area is 86.7 Å². The second kappa shape index (κ2) is 4.95. The summed E-state index contributed by atoms with van der Waals surface area (Å²) >= 11 is 5.80. The number of carbonyl (C=O) groups excluding carboxylic acids is 1. The van der Waals surface area contributed by atoms with Crippen LogP contribution in [0.4, 0.5) is 5.69 Å². The van der Waals surface area contributed by atoms with E-state index in [0.29, 0.717) is 10.7 Å². The van der Waals surface area contributed by atoms with Gasteiger partial charge in [0, 0.05) is 0 Å². The maximum absolute atomic E-state index is 11.2. The Balaban J connectivity index is 2.70. The van der Waals surface area contributed by atoms with E-state index in [1.54, 1.807) is 24.3 Å². The topological polar surface area (TPSA) is 75.3 Å². The number of carbonyl (C=O) groups is 1. The second-order valence-electron chi connectivity index (χ2n) is 2.76. The van der Waals surface area contributed by atoms with Gasteiger partial charge in [-0.2, -0.15) is 0 Å². The first-order chi connectivity index (χ1) is 6.65. The number of amides is 1. The van der Waals surface area contributed by atoms with Crippen LogP contribution >= 0.6 is 11.6 Å². The SMILES string of the molecule is NC(CO)C(=O)Nc1ccccc1Cl. The number of anilines is 1. The van der Waals surface area contributed by atoms with Crippen LogP contribution in [-0.2, 0) is 4.79 Å². The van der Waals surface area contributed by atoms with Crippen LogP contribution in [-0.4, -0.2) is 23.7 Å². The third-order valence-electron chi connectivity index (χ3n) is 1.67. The third kappa shape index (κ3) is 2.70. The van der Waals surface area contributed by atoms with E-state index < -0.39 is 18.6 Å². The van der Waals surface area contributed by atoms with Crippen molar-refractivity contribution >= 4 is 23.2 Å². The van der Waals surface area contributed by atoms with Gasteiger partial charge in [0.1, 0.15) is 6.04 Å². The van der Waals surface area contributed by atoms with Gasteiger partial charge >= 0.3 is 0 Å². The Morgan fingerprint density at radius 1 is 1.57 bits per heavy atom. The van der Waals surface area contributed by atoms with Crippen molar-refractivity contribution in [3.8, 4) is 0 Å². The molecule has 1 rings (SSSR count). The zero-order valence-electron chi connectivity index (χ0n) is 7.40. The van der Waals surface area contributed by atoms with Crippen LogP contribution in [0.15, 0.2) is 24.3 Å². The summed E-state index contributed by atoms with van der Waals surface area (Å²) in [6.07, 6.45) is 0. The molecule has 1 aromatic carbocycles. The Morgan fingerprint density at radius 3 is 2.79 bits per heavy atom. The summed E-state index contributed by atoms with van der Waals surface area (Å²) in [5.74, 6) is -0.458. The second-order valence-corrected chi connectivity index (χ2v) is 3.17. The van der Waals surface area contributed by atoms with Gasteiger partial charge in [-0.1, -0.05) is 23.7 Å². The summed E-state index contributed by atoms with van der Waals surface area (Å²) in [5.41, 5.74) is 5.80. The highest BCUT2D eigenvalue weighted by atomic mass is 35.5. The first-order valence-corrected chi connectivity index (χ1v) is 4.44. The van der Waals surface area contributed by atoms with Crippen molar-refractivity contribution < 1.29 is 9.90 Å². The fourth-order valence-electron chi connectivity index (χ4n) is 0.871. The van der Waals surface area contributed by atoms with Crippen LogP contribution in [0.5, 0.6) is 0 Å². The van der Waals surface area contributed by atoms with Crippen LogP contribution in [0.1, 0.15) is 0 Å². The molecule has 0 spiro atoms. The lowest BCUT2D eigenvalue weighted by Gasteiger charge is -2.10. The highest BCUT2D eigenvalue weighted by Gasteiger charge is 2.12. The standard InChI is InChI=1S/C9H11ClN2O2/c10-6-3-1-2-4-8(6)12-9(14)7(11)5-13/h1-4,7,13H,5,11H2,(H,12,14). The monoisotopic (exact) mass is 214 g/mol. The number of halogens is 1. The van der Waals surface area contributed by atoms with Crippen LogP contribution in [0, 0.1) is 0 Å². The van der Waals surface area contributed by atoms with Gasteiger partial charge in [0.05, 0.1) is 17.3 Å². The van der Waals surface area contributed by atoms with E-state index in [2.05, 4.69) is 5.32 Å². The van der Waals surface area contributed by atoms with Crippen molar-refractivity contribution in [3.05, 3.63) is 29.3 Å². The summed E-state index contributed by atoms with van der Waals surface area (Å²) < 4.78 is 0. The Kier molecular flexibility index (Phi) is 3.88. The van der Waals surface area contributed by atoms with E-state index in [1.165, 1.54) is 0 Å². The number of hydrogen-bond acceptors (Lipinski definition) is 3. The maximum Gasteiger partial charge on any atom is 0.243 e. The Hall–Kier alpha value is -1.10. The molecule has 0 saturated heterocycles. The van der Waals surface area contributed by atoms with Crippen LogP contribution in [0.25, 0.3) is 0 Å². The van der Waals surface area contributed by atoms with Crippen molar-refractivity contribution in [2.24, 2.45) is 5.73 Å². The van der Waals surface area contributed by atoms with E-state index in [1.807, 2.05) is 0 Å². The van der Waals surface area contributed by atoms with E-state index in [4.69, 9.17) is 22.4 Å². The molecule has 0 aliphatic carbocycles. The summed E-state index contributed by atoms with van der Waals surface area (Å²) in [6, 6.07) is 5.88. The molecule has 4 nitrogen and oxygen atoms in total. The highest BCUT2D eigenvalue weighted by molar-refractivity contribution is 6.33.